The lowest BCUT2D eigenvalue weighted by Gasteiger charge is -2.15. The summed E-state index contributed by atoms with van der Waals surface area (Å²) in [4.78, 5) is 11.6. The van der Waals surface area contributed by atoms with E-state index in [0.717, 1.165) is 6.26 Å². The summed E-state index contributed by atoms with van der Waals surface area (Å²) < 4.78 is 37.1. The zero-order valence-electron chi connectivity index (χ0n) is 10.7. The topological polar surface area (TPSA) is 78.9 Å². The molecular formula is C12H14O6S. The molecule has 1 aromatic carbocycles. The van der Waals surface area contributed by atoms with Crippen LogP contribution in [-0.2, 0) is 24.4 Å². The molecule has 1 aliphatic heterocycles. The van der Waals surface area contributed by atoms with Gasteiger partial charge in [-0.15, -0.1) is 0 Å². The minimum atomic E-state index is -3.56. The lowest BCUT2D eigenvalue weighted by atomic mass is 10.1. The van der Waals surface area contributed by atoms with Crippen molar-refractivity contribution < 1.29 is 26.9 Å². The molecule has 1 heterocycles. The average molecular weight is 286 g/mol. The van der Waals surface area contributed by atoms with Crippen LogP contribution in [0.25, 0.3) is 0 Å². The molecule has 1 fully saturated rings. The van der Waals surface area contributed by atoms with E-state index in [1.165, 1.54) is 12.1 Å². The summed E-state index contributed by atoms with van der Waals surface area (Å²) in [5, 5.41) is 0. The van der Waals surface area contributed by atoms with Crippen LogP contribution in [-0.4, -0.2) is 26.4 Å². The molecule has 19 heavy (non-hydrogen) atoms. The summed E-state index contributed by atoms with van der Waals surface area (Å²) in [6.07, 6.45) is 0.156. The van der Waals surface area contributed by atoms with Gasteiger partial charge in [-0.1, -0.05) is 12.1 Å². The Kier molecular flexibility index (Phi) is 3.27. The van der Waals surface area contributed by atoms with E-state index < -0.39 is 28.0 Å². The normalized spacial score (nSPS) is 22.1. The second-order valence-corrected chi connectivity index (χ2v) is 6.25. The van der Waals surface area contributed by atoms with Crippen molar-refractivity contribution in [3.63, 3.8) is 0 Å². The molecule has 1 atom stereocenters. The van der Waals surface area contributed by atoms with Crippen molar-refractivity contribution in [1.29, 1.82) is 0 Å². The molecule has 0 saturated carbocycles. The second kappa shape index (κ2) is 4.50. The first-order valence-electron chi connectivity index (χ1n) is 5.56. The van der Waals surface area contributed by atoms with Gasteiger partial charge >= 0.3 is 16.1 Å². The van der Waals surface area contributed by atoms with E-state index in [-0.39, 0.29) is 5.75 Å². The Labute approximate surface area is 111 Å². The van der Waals surface area contributed by atoms with Crippen molar-refractivity contribution in [2.45, 2.75) is 25.7 Å². The Hall–Kier alpha value is -1.60. The maximum Gasteiger partial charge on any atom is 0.342 e. The number of esters is 1. The van der Waals surface area contributed by atoms with Gasteiger partial charge in [-0.3, -0.25) is 0 Å². The zero-order chi connectivity index (χ0) is 14.3. The minimum Gasteiger partial charge on any atom is -0.431 e. The van der Waals surface area contributed by atoms with Crippen LogP contribution in [0.3, 0.4) is 0 Å². The summed E-state index contributed by atoms with van der Waals surface area (Å²) in [7, 11) is -3.56. The zero-order valence-corrected chi connectivity index (χ0v) is 11.6. The molecule has 2 rings (SSSR count). The lowest BCUT2D eigenvalue weighted by molar-refractivity contribution is -0.160. The predicted molar refractivity (Wildman–Crippen MR) is 65.9 cm³/mol. The third-order valence-corrected chi connectivity index (χ3v) is 2.89. The lowest BCUT2D eigenvalue weighted by Crippen LogP contribution is -2.20. The predicted octanol–water partition coefficient (Wildman–Crippen LogP) is 1.38. The number of ether oxygens (including phenoxy) is 2. The smallest absolute Gasteiger partial charge is 0.342 e. The Morgan fingerprint density at radius 3 is 2.21 bits per heavy atom. The molecule has 7 heteroatoms. The van der Waals surface area contributed by atoms with Crippen LogP contribution >= 0.6 is 0 Å². The van der Waals surface area contributed by atoms with Crippen molar-refractivity contribution in [3.05, 3.63) is 29.8 Å². The first-order chi connectivity index (χ1) is 8.66. The molecule has 0 aliphatic carbocycles. The van der Waals surface area contributed by atoms with Crippen molar-refractivity contribution >= 4 is 16.1 Å². The number of hydrogen-bond acceptors (Lipinski definition) is 6. The number of carbonyl (C=O) groups excluding carboxylic acids is 1. The van der Waals surface area contributed by atoms with Gasteiger partial charge in [-0.05, 0) is 17.7 Å². The van der Waals surface area contributed by atoms with Crippen molar-refractivity contribution in [3.8, 4) is 5.75 Å². The molecule has 0 bridgehead atoms. The van der Waals surface area contributed by atoms with Crippen LogP contribution in [0.2, 0.25) is 0 Å². The molecule has 0 N–H and O–H groups in total. The maximum atomic E-state index is 11.6. The first kappa shape index (κ1) is 13.8. The van der Waals surface area contributed by atoms with Crippen LogP contribution in [0, 0.1) is 0 Å². The Morgan fingerprint density at radius 2 is 1.79 bits per heavy atom. The molecule has 0 amide bonds. The van der Waals surface area contributed by atoms with Crippen LogP contribution in [0.5, 0.6) is 5.75 Å². The summed E-state index contributed by atoms with van der Waals surface area (Å²) in [6.45, 7) is 3.29. The Bertz CT molecular complexity index is 587. The van der Waals surface area contributed by atoms with E-state index in [2.05, 4.69) is 0 Å². The highest BCUT2D eigenvalue weighted by molar-refractivity contribution is 7.86. The Morgan fingerprint density at radius 1 is 1.21 bits per heavy atom. The van der Waals surface area contributed by atoms with Crippen LogP contribution in [0.15, 0.2) is 24.3 Å². The van der Waals surface area contributed by atoms with Gasteiger partial charge in [0.05, 0.1) is 6.26 Å². The van der Waals surface area contributed by atoms with Gasteiger partial charge in [-0.25, -0.2) is 4.79 Å². The van der Waals surface area contributed by atoms with Gasteiger partial charge in [0.1, 0.15) is 5.75 Å². The molecule has 0 aromatic heterocycles. The summed E-state index contributed by atoms with van der Waals surface area (Å²) in [5.74, 6) is -1.25. The Balaban J connectivity index is 2.18. The van der Waals surface area contributed by atoms with Crippen LogP contribution < -0.4 is 4.18 Å². The van der Waals surface area contributed by atoms with Gasteiger partial charge in [0.25, 0.3) is 0 Å². The third kappa shape index (κ3) is 3.45. The average Bonchev–Trinajstić information content (AvgIpc) is 2.51. The summed E-state index contributed by atoms with van der Waals surface area (Å²) in [6, 6.07) is 6.04. The van der Waals surface area contributed by atoms with Crippen LogP contribution in [0.1, 0.15) is 25.5 Å². The fourth-order valence-corrected chi connectivity index (χ4v) is 2.19. The van der Waals surface area contributed by atoms with E-state index in [1.807, 2.05) is 0 Å². The first-order valence-corrected chi connectivity index (χ1v) is 7.38. The number of hydrogen-bond donors (Lipinski definition) is 0. The number of cyclic esters (lactones) is 1. The fraction of sp³-hybridized carbons (Fsp3) is 0.417. The molecular weight excluding hydrogens is 272 g/mol. The third-order valence-electron chi connectivity index (χ3n) is 2.39. The highest BCUT2D eigenvalue weighted by Crippen LogP contribution is 2.34. The van der Waals surface area contributed by atoms with Crippen molar-refractivity contribution in [2.24, 2.45) is 0 Å². The van der Waals surface area contributed by atoms with Crippen molar-refractivity contribution in [1.82, 2.24) is 0 Å². The van der Waals surface area contributed by atoms with Crippen molar-refractivity contribution in [2.75, 3.05) is 6.26 Å². The highest BCUT2D eigenvalue weighted by Gasteiger charge is 2.41. The molecule has 1 aliphatic rings. The number of rotatable bonds is 3. The van der Waals surface area contributed by atoms with Gasteiger partial charge in [0.15, 0.2) is 6.10 Å². The largest absolute Gasteiger partial charge is 0.431 e. The van der Waals surface area contributed by atoms with Gasteiger partial charge in [0, 0.05) is 13.8 Å². The number of benzene rings is 1. The molecule has 1 aromatic rings. The SMILES string of the molecule is CC1(C)OC(=O)C(c2ccc(OS(C)(=O)=O)cc2)O1. The molecule has 104 valence electrons. The second-order valence-electron chi connectivity index (χ2n) is 4.68. The van der Waals surface area contributed by atoms with Crippen LogP contribution in [0.4, 0.5) is 0 Å². The summed E-state index contributed by atoms with van der Waals surface area (Å²) in [5.41, 5.74) is 0.580. The van der Waals surface area contributed by atoms with E-state index in [0.29, 0.717) is 5.56 Å². The minimum absolute atomic E-state index is 0.178. The molecule has 6 nitrogen and oxygen atoms in total. The maximum absolute atomic E-state index is 11.6. The molecule has 0 radical (unpaired) electrons. The fourth-order valence-electron chi connectivity index (χ4n) is 1.73. The van der Waals surface area contributed by atoms with Gasteiger partial charge < -0.3 is 13.7 Å². The molecule has 1 unspecified atom stereocenters. The van der Waals surface area contributed by atoms with E-state index in [1.54, 1.807) is 26.0 Å². The monoisotopic (exact) mass is 286 g/mol. The molecule has 1 saturated heterocycles. The quantitative estimate of drug-likeness (QED) is 0.617. The van der Waals surface area contributed by atoms with E-state index >= 15 is 0 Å². The van der Waals surface area contributed by atoms with Gasteiger partial charge in [-0.2, -0.15) is 8.42 Å². The standard InChI is InChI=1S/C12H14O6S/c1-12(2)16-10(11(13)17-12)8-4-6-9(7-5-8)18-19(3,14)15/h4-7,10H,1-3H3. The van der Waals surface area contributed by atoms with E-state index in [9.17, 15) is 13.2 Å². The highest BCUT2D eigenvalue weighted by atomic mass is 32.2. The number of carbonyl (C=O) groups is 1. The van der Waals surface area contributed by atoms with Gasteiger partial charge in [0.2, 0.25) is 5.79 Å². The van der Waals surface area contributed by atoms with E-state index in [4.69, 9.17) is 13.7 Å². The molecule has 0 spiro atoms. The summed E-state index contributed by atoms with van der Waals surface area (Å²) >= 11 is 0.